The molecule has 2 fully saturated rings. The quantitative estimate of drug-likeness (QED) is 0.123. The highest BCUT2D eigenvalue weighted by Crippen LogP contribution is 2.40. The van der Waals surface area contributed by atoms with Crippen LogP contribution in [-0.4, -0.2) is 88.4 Å². The largest absolute Gasteiger partial charge is 0.388 e. The number of amides is 2. The number of urea groups is 1. The van der Waals surface area contributed by atoms with Crippen molar-refractivity contribution in [3.05, 3.63) is 126 Å². The van der Waals surface area contributed by atoms with Crippen molar-refractivity contribution in [2.45, 2.75) is 69.0 Å². The Labute approximate surface area is 313 Å². The molecule has 2 aliphatic rings. The summed E-state index contributed by atoms with van der Waals surface area (Å²) >= 11 is 0. The van der Waals surface area contributed by atoms with Crippen LogP contribution >= 0.6 is 0 Å². The van der Waals surface area contributed by atoms with Crippen molar-refractivity contribution < 1.29 is 15.0 Å². The zero-order valence-corrected chi connectivity index (χ0v) is 30.1. The van der Waals surface area contributed by atoms with Gasteiger partial charge < -0.3 is 35.6 Å². The van der Waals surface area contributed by atoms with E-state index >= 15 is 0 Å². The minimum absolute atomic E-state index is 0.0301. The molecule has 1 aliphatic carbocycles. The Morgan fingerprint density at radius 2 is 1.67 bits per heavy atom. The summed E-state index contributed by atoms with van der Waals surface area (Å²) in [5.74, 6) is 1.09. The summed E-state index contributed by atoms with van der Waals surface area (Å²) in [5.41, 5.74) is 5.30. The van der Waals surface area contributed by atoms with Crippen LogP contribution in [0.15, 0.2) is 104 Å². The number of imidazole rings is 1. The Hall–Kier alpha value is -5.86. The van der Waals surface area contributed by atoms with E-state index in [0.717, 1.165) is 17.7 Å². The van der Waals surface area contributed by atoms with Gasteiger partial charge in [0.1, 0.15) is 12.2 Å². The number of rotatable bonds is 12. The maximum atomic E-state index is 12.8. The number of fused-ring (bicyclic) bond motifs is 1. The van der Waals surface area contributed by atoms with Gasteiger partial charge in [-0.3, -0.25) is 9.67 Å². The number of hydrogen-bond acceptors (Lipinski definition) is 10. The second kappa shape index (κ2) is 15.6. The van der Waals surface area contributed by atoms with Gasteiger partial charge in [-0.05, 0) is 48.1 Å². The SMILES string of the molecule is CCc1cnn([C@H]2C[C@@H](n3cnc4c(NCC(c5ccccc5)c5ccccc5)nc(N5CC[C@@H](NC(=O)NCc6ccccn6)C5)nc43)[C@H](O)[C@@H]2O)c1. The number of aromatic nitrogens is 7. The molecule has 0 radical (unpaired) electrons. The molecule has 14 nitrogen and oxygen atoms in total. The summed E-state index contributed by atoms with van der Waals surface area (Å²) < 4.78 is 3.63. The molecule has 0 spiro atoms. The molecule has 5 N–H and O–H groups in total. The Morgan fingerprint density at radius 1 is 0.926 bits per heavy atom. The summed E-state index contributed by atoms with van der Waals surface area (Å²) in [4.78, 5) is 34.1. The van der Waals surface area contributed by atoms with Crippen LogP contribution in [0.25, 0.3) is 11.2 Å². The van der Waals surface area contributed by atoms with Gasteiger partial charge in [0.15, 0.2) is 17.0 Å². The fourth-order valence-corrected chi connectivity index (χ4v) is 7.65. The fourth-order valence-electron chi connectivity index (χ4n) is 7.65. The van der Waals surface area contributed by atoms with Crippen molar-refractivity contribution in [3.63, 3.8) is 0 Å². The van der Waals surface area contributed by atoms with Crippen molar-refractivity contribution in [3.8, 4) is 0 Å². The monoisotopic (exact) mass is 727 g/mol. The van der Waals surface area contributed by atoms with Crippen LogP contribution in [0, 0.1) is 0 Å². The van der Waals surface area contributed by atoms with Gasteiger partial charge in [-0.15, -0.1) is 0 Å². The minimum Gasteiger partial charge on any atom is -0.388 e. The molecule has 8 rings (SSSR count). The lowest BCUT2D eigenvalue weighted by molar-refractivity contribution is 0.00721. The average Bonchev–Trinajstić information content (AvgIpc) is 4.03. The molecule has 0 unspecified atom stereocenters. The van der Waals surface area contributed by atoms with E-state index in [2.05, 4.69) is 62.1 Å². The summed E-state index contributed by atoms with van der Waals surface area (Å²) in [6, 6.07) is 25.0. The predicted molar refractivity (Wildman–Crippen MR) is 205 cm³/mol. The molecular formula is C40H45N11O3. The molecule has 0 bridgehead atoms. The van der Waals surface area contributed by atoms with E-state index in [1.54, 1.807) is 23.4 Å². The van der Waals surface area contributed by atoms with Crippen molar-refractivity contribution in [2.24, 2.45) is 0 Å². The van der Waals surface area contributed by atoms with E-state index in [4.69, 9.17) is 15.0 Å². The molecule has 1 aliphatic heterocycles. The lowest BCUT2D eigenvalue weighted by Crippen LogP contribution is -2.43. The van der Waals surface area contributed by atoms with Gasteiger partial charge in [0.25, 0.3) is 0 Å². The Kier molecular flexibility index (Phi) is 10.2. The predicted octanol–water partition coefficient (Wildman–Crippen LogP) is 4.21. The standard InChI is InChI=1S/C40H45N11O3/c1-2-26-20-45-51(23-26)33-19-32(35(52)36(33)53)50-25-44-34-37(42-22-31(27-11-5-3-6-12-27)28-13-7-4-8-14-28)47-39(48-38(34)50)49-18-16-30(24-49)46-40(54)43-21-29-15-9-10-17-41-29/h3-15,17,20,23,25,30-33,35-36,52-53H,2,16,18-19,21-22,24H2,1H3,(H,42,47,48)(H2,43,46,54)/t30-,32-,33+,35+,36-/m1/s1. The van der Waals surface area contributed by atoms with E-state index in [1.807, 2.05) is 65.4 Å². The summed E-state index contributed by atoms with van der Waals surface area (Å²) in [6.45, 7) is 4.08. The van der Waals surface area contributed by atoms with Gasteiger partial charge in [-0.2, -0.15) is 15.1 Å². The second-order valence-electron chi connectivity index (χ2n) is 14.1. The van der Waals surface area contributed by atoms with Crippen LogP contribution in [0.2, 0.25) is 0 Å². The molecule has 14 heteroatoms. The number of aryl methyl sites for hydroxylation is 1. The van der Waals surface area contributed by atoms with Crippen LogP contribution in [0.4, 0.5) is 16.6 Å². The number of anilines is 2. The number of carbonyl (C=O) groups is 1. The molecule has 1 saturated carbocycles. The molecule has 54 heavy (non-hydrogen) atoms. The van der Waals surface area contributed by atoms with E-state index in [0.29, 0.717) is 62.0 Å². The third kappa shape index (κ3) is 7.34. The van der Waals surface area contributed by atoms with E-state index < -0.39 is 24.3 Å². The third-order valence-corrected chi connectivity index (χ3v) is 10.6. The average molecular weight is 728 g/mol. The van der Waals surface area contributed by atoms with Gasteiger partial charge in [-0.25, -0.2) is 9.78 Å². The number of pyridine rings is 1. The number of hydrogen-bond donors (Lipinski definition) is 5. The summed E-state index contributed by atoms with van der Waals surface area (Å²) in [6.07, 6.45) is 7.01. The van der Waals surface area contributed by atoms with Crippen molar-refractivity contribution in [1.82, 2.24) is 44.9 Å². The Morgan fingerprint density at radius 3 is 2.37 bits per heavy atom. The first-order chi connectivity index (χ1) is 26.4. The number of nitrogens with one attached hydrogen (secondary N) is 3. The van der Waals surface area contributed by atoms with E-state index in [1.165, 1.54) is 11.1 Å². The number of benzene rings is 2. The molecular weight excluding hydrogens is 683 g/mol. The zero-order chi connectivity index (χ0) is 37.0. The first kappa shape index (κ1) is 35.2. The maximum Gasteiger partial charge on any atom is 0.315 e. The first-order valence-electron chi connectivity index (χ1n) is 18.6. The van der Waals surface area contributed by atoms with Crippen LogP contribution in [0.5, 0.6) is 0 Å². The van der Waals surface area contributed by atoms with Gasteiger partial charge in [0.2, 0.25) is 5.95 Å². The van der Waals surface area contributed by atoms with Gasteiger partial charge >= 0.3 is 6.03 Å². The lowest BCUT2D eigenvalue weighted by Gasteiger charge is -2.22. The van der Waals surface area contributed by atoms with Gasteiger partial charge in [0, 0.05) is 44.0 Å². The van der Waals surface area contributed by atoms with Crippen molar-refractivity contribution >= 4 is 29.0 Å². The highest BCUT2D eigenvalue weighted by atomic mass is 16.3. The minimum atomic E-state index is -1.07. The lowest BCUT2D eigenvalue weighted by atomic mass is 9.91. The molecule has 5 atom stereocenters. The molecule has 4 aromatic heterocycles. The maximum absolute atomic E-state index is 12.8. The second-order valence-corrected chi connectivity index (χ2v) is 14.1. The molecule has 6 aromatic rings. The molecule has 2 aromatic carbocycles. The summed E-state index contributed by atoms with van der Waals surface area (Å²) in [5, 5.41) is 36.8. The zero-order valence-electron chi connectivity index (χ0n) is 30.1. The molecule has 278 valence electrons. The van der Waals surface area contributed by atoms with Crippen LogP contribution in [0.1, 0.15) is 60.2 Å². The molecule has 2 amide bonds. The fraction of sp³-hybridized carbons (Fsp3) is 0.350. The van der Waals surface area contributed by atoms with Crippen molar-refractivity contribution in [1.29, 1.82) is 0 Å². The van der Waals surface area contributed by atoms with Crippen LogP contribution in [0.3, 0.4) is 0 Å². The topological polar surface area (TPSA) is 171 Å². The summed E-state index contributed by atoms with van der Waals surface area (Å²) in [7, 11) is 0. The Balaban J connectivity index is 1.08. The van der Waals surface area contributed by atoms with Crippen LogP contribution < -0.4 is 20.9 Å². The molecule has 1 saturated heterocycles. The van der Waals surface area contributed by atoms with E-state index in [9.17, 15) is 15.0 Å². The van der Waals surface area contributed by atoms with E-state index in [-0.39, 0.29) is 18.0 Å². The Bertz CT molecular complexity index is 2120. The third-order valence-electron chi connectivity index (χ3n) is 10.6. The smallest absolute Gasteiger partial charge is 0.315 e. The van der Waals surface area contributed by atoms with Crippen LogP contribution in [-0.2, 0) is 13.0 Å². The van der Waals surface area contributed by atoms with Gasteiger partial charge in [-0.1, -0.05) is 73.7 Å². The highest BCUT2D eigenvalue weighted by molar-refractivity contribution is 5.84. The van der Waals surface area contributed by atoms with Crippen molar-refractivity contribution in [2.75, 3.05) is 29.9 Å². The first-order valence-corrected chi connectivity index (χ1v) is 18.6. The highest BCUT2D eigenvalue weighted by Gasteiger charge is 2.44. The number of carbonyl (C=O) groups excluding carboxylic acids is 1. The number of aliphatic hydroxyl groups excluding tert-OH is 2. The van der Waals surface area contributed by atoms with Gasteiger partial charge in [0.05, 0.1) is 36.8 Å². The number of aliphatic hydroxyl groups is 2. The molecule has 5 heterocycles. The normalized spacial score (nSPS) is 21.2. The number of nitrogens with zero attached hydrogens (tertiary/aromatic N) is 8.